The van der Waals surface area contributed by atoms with E-state index in [2.05, 4.69) is 48.2 Å². The second kappa shape index (κ2) is 7.46. The fourth-order valence-corrected chi connectivity index (χ4v) is 3.12. The molecule has 0 aromatic heterocycles. The highest BCUT2D eigenvalue weighted by Gasteiger charge is 2.16. The molecule has 1 aliphatic rings. The number of hydrogen-bond acceptors (Lipinski definition) is 2. The van der Waals surface area contributed by atoms with Gasteiger partial charge in [-0.1, -0.05) is 49.4 Å². The van der Waals surface area contributed by atoms with Crippen LogP contribution in [0.1, 0.15) is 30.9 Å². The highest BCUT2D eigenvalue weighted by Crippen LogP contribution is 2.19. The molecule has 3 rings (SSSR count). The minimum atomic E-state index is 0.629. The van der Waals surface area contributed by atoms with E-state index in [9.17, 15) is 0 Å². The normalized spacial score (nSPS) is 19.0. The summed E-state index contributed by atoms with van der Waals surface area (Å²) >= 11 is 0. The van der Waals surface area contributed by atoms with Crippen LogP contribution in [-0.4, -0.2) is 18.0 Å². The molecule has 1 heterocycles. The Morgan fingerprint density at radius 2 is 1.77 bits per heavy atom. The van der Waals surface area contributed by atoms with Gasteiger partial charge in [0.05, 0.1) is 0 Å². The van der Waals surface area contributed by atoms with Gasteiger partial charge in [0.2, 0.25) is 0 Å². The van der Waals surface area contributed by atoms with Crippen LogP contribution >= 0.6 is 0 Å². The summed E-state index contributed by atoms with van der Waals surface area (Å²) in [5, 5.41) is 0. The van der Waals surface area contributed by atoms with Crippen LogP contribution in [0.2, 0.25) is 0 Å². The Hall–Kier alpha value is -1.80. The van der Waals surface area contributed by atoms with Crippen molar-refractivity contribution >= 4 is 0 Å². The molecule has 2 nitrogen and oxygen atoms in total. The van der Waals surface area contributed by atoms with E-state index in [4.69, 9.17) is 4.74 Å². The zero-order valence-electron chi connectivity index (χ0n) is 13.4. The zero-order valence-corrected chi connectivity index (χ0v) is 13.4. The van der Waals surface area contributed by atoms with Crippen LogP contribution in [0.5, 0.6) is 5.75 Å². The van der Waals surface area contributed by atoms with E-state index in [1.54, 1.807) is 0 Å². The minimum absolute atomic E-state index is 0.629. The van der Waals surface area contributed by atoms with E-state index in [1.807, 2.05) is 18.2 Å². The molecule has 0 N–H and O–H groups in total. The number of likely N-dealkylation sites (tertiary alicyclic amines) is 1. The van der Waals surface area contributed by atoms with Gasteiger partial charge in [-0.3, -0.25) is 4.90 Å². The molecular weight excluding hydrogens is 270 g/mol. The van der Waals surface area contributed by atoms with Crippen molar-refractivity contribution < 1.29 is 4.74 Å². The molecule has 22 heavy (non-hydrogen) atoms. The van der Waals surface area contributed by atoms with Crippen LogP contribution in [0.15, 0.2) is 54.6 Å². The summed E-state index contributed by atoms with van der Waals surface area (Å²) in [6.07, 6.45) is 2.71. The average Bonchev–Trinajstić information content (AvgIpc) is 2.55. The molecular formula is C20H25NO. The maximum atomic E-state index is 5.84. The quantitative estimate of drug-likeness (QED) is 0.805. The Balaban J connectivity index is 1.51. The molecule has 0 bridgehead atoms. The summed E-state index contributed by atoms with van der Waals surface area (Å²) in [5.74, 6) is 1.78. The molecule has 1 atom stereocenters. The Kier molecular flexibility index (Phi) is 5.12. The maximum Gasteiger partial charge on any atom is 0.119 e. The van der Waals surface area contributed by atoms with Gasteiger partial charge >= 0.3 is 0 Å². The van der Waals surface area contributed by atoms with Crippen LogP contribution < -0.4 is 4.74 Å². The van der Waals surface area contributed by atoms with Crippen molar-refractivity contribution in [3.63, 3.8) is 0 Å². The fraction of sp³-hybridized carbons (Fsp3) is 0.400. The predicted molar refractivity (Wildman–Crippen MR) is 90.9 cm³/mol. The van der Waals surface area contributed by atoms with E-state index in [0.29, 0.717) is 6.61 Å². The summed E-state index contributed by atoms with van der Waals surface area (Å²) < 4.78 is 5.84. The van der Waals surface area contributed by atoms with Crippen molar-refractivity contribution in [3.05, 3.63) is 65.7 Å². The van der Waals surface area contributed by atoms with Gasteiger partial charge in [0.1, 0.15) is 12.4 Å². The second-order valence-corrected chi connectivity index (χ2v) is 6.40. The van der Waals surface area contributed by atoms with Crippen molar-refractivity contribution in [2.24, 2.45) is 5.92 Å². The molecule has 0 spiro atoms. The highest BCUT2D eigenvalue weighted by molar-refractivity contribution is 5.27. The monoisotopic (exact) mass is 295 g/mol. The third-order valence-electron chi connectivity index (χ3n) is 4.32. The van der Waals surface area contributed by atoms with Gasteiger partial charge in [0.15, 0.2) is 0 Å². The van der Waals surface area contributed by atoms with Gasteiger partial charge in [-0.25, -0.2) is 0 Å². The smallest absolute Gasteiger partial charge is 0.119 e. The first-order chi connectivity index (χ1) is 10.8. The molecule has 0 unspecified atom stereocenters. The lowest BCUT2D eigenvalue weighted by Gasteiger charge is -2.30. The second-order valence-electron chi connectivity index (χ2n) is 6.40. The molecule has 0 saturated carbocycles. The van der Waals surface area contributed by atoms with Crippen LogP contribution in [-0.2, 0) is 13.2 Å². The first-order valence-corrected chi connectivity index (χ1v) is 8.27. The zero-order chi connectivity index (χ0) is 15.2. The summed E-state index contributed by atoms with van der Waals surface area (Å²) in [4.78, 5) is 2.56. The molecule has 2 heteroatoms. The first kappa shape index (κ1) is 15.1. The number of hydrogen-bond donors (Lipinski definition) is 0. The fourth-order valence-electron chi connectivity index (χ4n) is 3.12. The lowest BCUT2D eigenvalue weighted by molar-refractivity contribution is 0.176. The van der Waals surface area contributed by atoms with Crippen LogP contribution in [0.25, 0.3) is 0 Å². The SMILES string of the molecule is C[C@H]1CCCN(Cc2ccc(OCc3ccccc3)cc2)C1. The first-order valence-electron chi connectivity index (χ1n) is 8.27. The van der Waals surface area contributed by atoms with Crippen LogP contribution in [0.4, 0.5) is 0 Å². The summed E-state index contributed by atoms with van der Waals surface area (Å²) in [5.41, 5.74) is 2.58. The largest absolute Gasteiger partial charge is 0.489 e. The van der Waals surface area contributed by atoms with Gasteiger partial charge in [-0.15, -0.1) is 0 Å². The van der Waals surface area contributed by atoms with Crippen molar-refractivity contribution in [1.82, 2.24) is 4.90 Å². The molecule has 1 fully saturated rings. The van der Waals surface area contributed by atoms with Crippen molar-refractivity contribution in [2.45, 2.75) is 32.9 Å². The lowest BCUT2D eigenvalue weighted by atomic mass is 10.00. The van der Waals surface area contributed by atoms with Gasteiger partial charge in [-0.2, -0.15) is 0 Å². The number of piperidine rings is 1. The summed E-state index contributed by atoms with van der Waals surface area (Å²) in [6.45, 7) is 6.50. The van der Waals surface area contributed by atoms with Crippen molar-refractivity contribution in [2.75, 3.05) is 13.1 Å². The van der Waals surface area contributed by atoms with E-state index >= 15 is 0 Å². The number of ether oxygens (including phenoxy) is 1. The van der Waals surface area contributed by atoms with Crippen LogP contribution in [0.3, 0.4) is 0 Å². The Labute approximate surface area is 133 Å². The molecule has 1 aliphatic heterocycles. The van der Waals surface area contributed by atoms with E-state index in [1.165, 1.54) is 37.1 Å². The van der Waals surface area contributed by atoms with Crippen molar-refractivity contribution in [3.8, 4) is 5.75 Å². The standard InChI is InChI=1S/C20H25NO/c1-17-6-5-13-21(14-17)15-18-9-11-20(12-10-18)22-16-19-7-3-2-4-8-19/h2-4,7-12,17H,5-6,13-16H2,1H3/t17-/m0/s1. The predicted octanol–water partition coefficient (Wildman–Crippen LogP) is 4.50. The van der Waals surface area contributed by atoms with Crippen LogP contribution in [0, 0.1) is 5.92 Å². The topological polar surface area (TPSA) is 12.5 Å². The molecule has 0 radical (unpaired) electrons. The maximum absolute atomic E-state index is 5.84. The van der Waals surface area contributed by atoms with E-state index in [-0.39, 0.29) is 0 Å². The van der Waals surface area contributed by atoms with Gasteiger partial charge in [0.25, 0.3) is 0 Å². The molecule has 116 valence electrons. The highest BCUT2D eigenvalue weighted by atomic mass is 16.5. The van der Waals surface area contributed by atoms with Gasteiger partial charge in [-0.05, 0) is 48.6 Å². The average molecular weight is 295 g/mol. The Morgan fingerprint density at radius 1 is 1.00 bits per heavy atom. The number of nitrogens with zero attached hydrogens (tertiary/aromatic N) is 1. The van der Waals surface area contributed by atoms with E-state index in [0.717, 1.165) is 18.2 Å². The number of benzene rings is 2. The molecule has 0 amide bonds. The van der Waals surface area contributed by atoms with E-state index < -0.39 is 0 Å². The summed E-state index contributed by atoms with van der Waals surface area (Å²) in [7, 11) is 0. The third-order valence-corrected chi connectivity index (χ3v) is 4.32. The molecule has 0 aliphatic carbocycles. The number of rotatable bonds is 5. The third kappa shape index (κ3) is 4.35. The molecule has 1 saturated heterocycles. The Morgan fingerprint density at radius 3 is 2.50 bits per heavy atom. The minimum Gasteiger partial charge on any atom is -0.489 e. The summed E-state index contributed by atoms with van der Waals surface area (Å²) in [6, 6.07) is 18.9. The Bertz CT molecular complexity index is 564. The molecule has 2 aromatic carbocycles. The van der Waals surface area contributed by atoms with Gasteiger partial charge in [0, 0.05) is 13.1 Å². The van der Waals surface area contributed by atoms with Crippen molar-refractivity contribution in [1.29, 1.82) is 0 Å². The van der Waals surface area contributed by atoms with Gasteiger partial charge < -0.3 is 4.74 Å². The molecule has 2 aromatic rings. The lowest BCUT2D eigenvalue weighted by Crippen LogP contribution is -2.33.